The molecule has 7 nitrogen and oxygen atoms in total. The third kappa shape index (κ3) is 4.42. The fraction of sp³-hybridized carbons (Fsp3) is 0.323. The first kappa shape index (κ1) is 24.2. The molecule has 0 bridgehead atoms. The van der Waals surface area contributed by atoms with E-state index >= 15 is 0 Å². The van der Waals surface area contributed by atoms with E-state index in [-0.39, 0.29) is 12.3 Å². The second kappa shape index (κ2) is 10.3. The Hall–Kier alpha value is -4.15. The maximum Gasteiger partial charge on any atom is 0.272 e. The van der Waals surface area contributed by atoms with Gasteiger partial charge in [0.15, 0.2) is 5.82 Å². The Morgan fingerprint density at radius 2 is 1.76 bits per heavy atom. The van der Waals surface area contributed by atoms with Crippen LogP contribution in [0, 0.1) is 18.3 Å². The molecular formula is C31H32N6O. The van der Waals surface area contributed by atoms with Crippen molar-refractivity contribution in [2.45, 2.75) is 32.9 Å². The molecule has 1 saturated heterocycles. The van der Waals surface area contributed by atoms with Crippen molar-refractivity contribution in [3.8, 4) is 6.07 Å². The van der Waals surface area contributed by atoms with Gasteiger partial charge in [0, 0.05) is 56.9 Å². The molecule has 4 aromatic rings. The Balaban J connectivity index is 1.54. The number of amides is 1. The van der Waals surface area contributed by atoms with Crippen molar-refractivity contribution in [3.05, 3.63) is 94.3 Å². The second-order valence-corrected chi connectivity index (χ2v) is 10.2. The monoisotopic (exact) mass is 504 g/mol. The number of carbonyl (C=O) groups excluding carboxylic acids is 1. The average molecular weight is 505 g/mol. The predicted octanol–water partition coefficient (Wildman–Crippen LogP) is 4.07. The van der Waals surface area contributed by atoms with Gasteiger partial charge >= 0.3 is 0 Å². The van der Waals surface area contributed by atoms with Gasteiger partial charge in [0.1, 0.15) is 5.69 Å². The minimum Gasteiger partial charge on any atom is -0.350 e. The summed E-state index contributed by atoms with van der Waals surface area (Å²) in [5.74, 6) is 0.794. The molecule has 0 spiro atoms. The Labute approximate surface area is 223 Å². The van der Waals surface area contributed by atoms with E-state index in [4.69, 9.17) is 4.98 Å². The quantitative estimate of drug-likeness (QED) is 0.444. The zero-order valence-electron chi connectivity index (χ0n) is 21.8. The summed E-state index contributed by atoms with van der Waals surface area (Å²) in [6.07, 6.45) is 1.22. The van der Waals surface area contributed by atoms with Crippen LogP contribution in [0.25, 0.3) is 10.9 Å². The summed E-state index contributed by atoms with van der Waals surface area (Å²) in [5.41, 5.74) is 7.35. The molecule has 1 amide bonds. The Morgan fingerprint density at radius 3 is 2.53 bits per heavy atom. The number of benzene rings is 2. The average Bonchev–Trinajstić information content (AvgIpc) is 3.23. The number of nitrogens with zero attached hydrogens (tertiary/aromatic N) is 5. The molecule has 7 heteroatoms. The summed E-state index contributed by atoms with van der Waals surface area (Å²) in [6.45, 7) is 7.25. The van der Waals surface area contributed by atoms with Gasteiger partial charge in [0.2, 0.25) is 0 Å². The van der Waals surface area contributed by atoms with E-state index in [9.17, 15) is 10.1 Å². The summed E-state index contributed by atoms with van der Waals surface area (Å²) >= 11 is 0. The minimum atomic E-state index is -0.0385. The lowest BCUT2D eigenvalue weighted by Crippen LogP contribution is -2.46. The largest absolute Gasteiger partial charge is 0.350 e. The standard InChI is InChI=1S/C31H32N6O/c1-22-26(11-13-32)27-19-28(31(38)35-17-14-33-15-18-35)34-30(29(27)37(22)20-23-7-3-2-4-8-23)36-16-12-24-9-5-6-10-25(24)21-36/h2-10,19,33H,11-12,14-18,20-21H2,1H3. The fourth-order valence-corrected chi connectivity index (χ4v) is 5.85. The number of hydrogen-bond acceptors (Lipinski definition) is 5. The highest BCUT2D eigenvalue weighted by Gasteiger charge is 2.28. The molecule has 0 atom stereocenters. The number of hydrogen-bond donors (Lipinski definition) is 1. The summed E-state index contributed by atoms with van der Waals surface area (Å²) in [5, 5.41) is 14.0. The molecule has 1 N–H and O–H groups in total. The van der Waals surface area contributed by atoms with Gasteiger partial charge in [-0.15, -0.1) is 0 Å². The zero-order chi connectivity index (χ0) is 26.1. The topological polar surface area (TPSA) is 77.2 Å². The molecule has 38 heavy (non-hydrogen) atoms. The number of piperazine rings is 1. The van der Waals surface area contributed by atoms with Gasteiger partial charge < -0.3 is 19.7 Å². The second-order valence-electron chi connectivity index (χ2n) is 10.2. The molecule has 192 valence electrons. The van der Waals surface area contributed by atoms with Gasteiger partial charge in [-0.05, 0) is 41.7 Å². The van der Waals surface area contributed by atoms with E-state index in [0.29, 0.717) is 25.3 Å². The SMILES string of the molecule is Cc1c(CC#N)c2cc(C(=O)N3CCNCC3)nc(N3CCc4ccccc4C3)c2n1Cc1ccccc1. The van der Waals surface area contributed by atoms with E-state index in [1.54, 1.807) is 0 Å². The van der Waals surface area contributed by atoms with Crippen molar-refractivity contribution < 1.29 is 4.79 Å². The van der Waals surface area contributed by atoms with Crippen molar-refractivity contribution in [1.29, 1.82) is 5.26 Å². The summed E-state index contributed by atoms with van der Waals surface area (Å²) in [7, 11) is 0. The van der Waals surface area contributed by atoms with Crippen LogP contribution in [0.15, 0.2) is 60.7 Å². The van der Waals surface area contributed by atoms with Gasteiger partial charge in [-0.25, -0.2) is 4.98 Å². The molecule has 1 fully saturated rings. The molecular weight excluding hydrogens is 472 g/mol. The molecule has 2 aliphatic heterocycles. The van der Waals surface area contributed by atoms with Crippen molar-refractivity contribution in [2.75, 3.05) is 37.6 Å². The number of rotatable bonds is 5. The molecule has 2 aliphatic rings. The van der Waals surface area contributed by atoms with Crippen LogP contribution >= 0.6 is 0 Å². The van der Waals surface area contributed by atoms with Gasteiger partial charge in [-0.3, -0.25) is 4.79 Å². The Morgan fingerprint density at radius 1 is 1.03 bits per heavy atom. The third-order valence-corrected chi connectivity index (χ3v) is 7.90. The number of carbonyl (C=O) groups is 1. The molecule has 0 radical (unpaired) electrons. The van der Waals surface area contributed by atoms with Gasteiger partial charge in [0.25, 0.3) is 5.91 Å². The Kier molecular flexibility index (Phi) is 6.57. The molecule has 6 rings (SSSR count). The van der Waals surface area contributed by atoms with E-state index in [0.717, 1.165) is 60.6 Å². The van der Waals surface area contributed by atoms with Crippen LogP contribution in [-0.4, -0.2) is 53.1 Å². The van der Waals surface area contributed by atoms with E-state index in [1.807, 2.05) is 17.0 Å². The van der Waals surface area contributed by atoms with E-state index < -0.39 is 0 Å². The Bertz CT molecular complexity index is 1530. The maximum absolute atomic E-state index is 13.7. The first-order valence-electron chi connectivity index (χ1n) is 13.4. The minimum absolute atomic E-state index is 0.0385. The van der Waals surface area contributed by atoms with Crippen molar-refractivity contribution in [2.24, 2.45) is 0 Å². The normalized spacial score (nSPS) is 15.4. The zero-order valence-corrected chi connectivity index (χ0v) is 21.8. The highest BCUT2D eigenvalue weighted by Crippen LogP contribution is 2.36. The molecule has 0 unspecified atom stereocenters. The number of fused-ring (bicyclic) bond motifs is 2. The van der Waals surface area contributed by atoms with Crippen molar-refractivity contribution >= 4 is 22.6 Å². The molecule has 4 heterocycles. The fourth-order valence-electron chi connectivity index (χ4n) is 5.85. The van der Waals surface area contributed by atoms with Gasteiger partial charge in [0.05, 0.1) is 18.0 Å². The van der Waals surface area contributed by atoms with Gasteiger partial charge in [-0.1, -0.05) is 54.6 Å². The van der Waals surface area contributed by atoms with Gasteiger partial charge in [-0.2, -0.15) is 5.26 Å². The van der Waals surface area contributed by atoms with Crippen LogP contribution in [0.4, 0.5) is 5.82 Å². The van der Waals surface area contributed by atoms with Crippen LogP contribution in [0.5, 0.6) is 0 Å². The highest BCUT2D eigenvalue weighted by molar-refractivity contribution is 6.01. The smallest absolute Gasteiger partial charge is 0.272 e. The van der Waals surface area contributed by atoms with Crippen LogP contribution in [0.3, 0.4) is 0 Å². The molecule has 0 aliphatic carbocycles. The number of anilines is 1. The van der Waals surface area contributed by atoms with Crippen molar-refractivity contribution in [3.63, 3.8) is 0 Å². The number of pyridine rings is 1. The lowest BCUT2D eigenvalue weighted by Gasteiger charge is -2.32. The van der Waals surface area contributed by atoms with Crippen LogP contribution in [0.1, 0.15) is 38.4 Å². The highest BCUT2D eigenvalue weighted by atomic mass is 16.2. The van der Waals surface area contributed by atoms with Crippen LogP contribution in [-0.2, 0) is 25.9 Å². The van der Waals surface area contributed by atoms with Crippen LogP contribution < -0.4 is 10.2 Å². The maximum atomic E-state index is 13.7. The number of aromatic nitrogens is 2. The van der Waals surface area contributed by atoms with E-state index in [2.05, 4.69) is 76.3 Å². The van der Waals surface area contributed by atoms with Crippen LogP contribution in [0.2, 0.25) is 0 Å². The summed E-state index contributed by atoms with van der Waals surface area (Å²) < 4.78 is 2.29. The van der Waals surface area contributed by atoms with E-state index in [1.165, 1.54) is 16.7 Å². The molecule has 0 saturated carbocycles. The summed E-state index contributed by atoms with van der Waals surface area (Å²) in [4.78, 5) is 23.0. The summed E-state index contributed by atoms with van der Waals surface area (Å²) in [6, 6.07) is 23.3. The number of nitriles is 1. The first-order valence-corrected chi connectivity index (χ1v) is 13.4. The number of nitrogens with one attached hydrogen (secondary N) is 1. The lowest BCUT2D eigenvalue weighted by molar-refractivity contribution is 0.0730. The molecule has 2 aromatic carbocycles. The van der Waals surface area contributed by atoms with Crippen molar-refractivity contribution in [1.82, 2.24) is 19.8 Å². The predicted molar refractivity (Wildman–Crippen MR) is 149 cm³/mol. The molecule has 2 aromatic heterocycles. The lowest BCUT2D eigenvalue weighted by atomic mass is 9.99. The first-order chi connectivity index (χ1) is 18.6. The third-order valence-electron chi connectivity index (χ3n) is 7.90.